The number of phenols is 2. The molecule has 0 aliphatic heterocycles. The number of aromatic hydroxyl groups is 2. The van der Waals surface area contributed by atoms with E-state index in [-0.39, 0.29) is 0 Å². The van der Waals surface area contributed by atoms with Gasteiger partial charge >= 0.3 is 0 Å². The third-order valence-electron chi connectivity index (χ3n) is 5.26. The van der Waals surface area contributed by atoms with Crippen LogP contribution in [-0.4, -0.2) is 10.2 Å². The van der Waals surface area contributed by atoms with E-state index in [0.29, 0.717) is 6.07 Å². The molecule has 3 aromatic carbocycles. The highest BCUT2D eigenvalue weighted by atomic mass is 19.2. The Labute approximate surface area is 172 Å². The van der Waals surface area contributed by atoms with Crippen LogP contribution in [0, 0.1) is 34.9 Å². The third-order valence-corrected chi connectivity index (χ3v) is 5.26. The van der Waals surface area contributed by atoms with E-state index < -0.39 is 86.3 Å². The zero-order valence-corrected chi connectivity index (χ0v) is 15.9. The van der Waals surface area contributed by atoms with Crippen LogP contribution >= 0.6 is 0 Å². The summed E-state index contributed by atoms with van der Waals surface area (Å²) in [4.78, 5) is 0. The minimum Gasteiger partial charge on any atom is -0.503 e. The fourth-order valence-electron chi connectivity index (χ4n) is 3.74. The normalized spacial score (nSPS) is 11.7. The Morgan fingerprint density at radius 2 is 1.16 bits per heavy atom. The van der Waals surface area contributed by atoms with E-state index in [9.17, 15) is 27.8 Å². The smallest absolute Gasteiger partial charge is 0.202 e. The molecule has 6 N–H and O–H groups in total. The molecule has 0 bridgehead atoms. The monoisotopic (exact) mass is 442 g/mol. The summed E-state index contributed by atoms with van der Waals surface area (Å²) in [7, 11) is 0. The predicted octanol–water partition coefficient (Wildman–Crippen LogP) is 4.84. The molecule has 4 nitrogen and oxygen atoms in total. The third kappa shape index (κ3) is 3.18. The summed E-state index contributed by atoms with van der Waals surface area (Å²) in [5.74, 6) is -11.8. The number of halogens is 6. The molecule has 0 saturated heterocycles. The number of phenolic OH excluding ortho intramolecular Hbond substituents is 2. The average molecular weight is 442 g/mol. The van der Waals surface area contributed by atoms with Crippen molar-refractivity contribution < 1.29 is 36.6 Å². The van der Waals surface area contributed by atoms with Gasteiger partial charge in [-0.2, -0.15) is 8.78 Å². The molecule has 0 aliphatic rings. The Hall–Kier alpha value is -3.56. The number of benzene rings is 3. The first-order valence-corrected chi connectivity index (χ1v) is 8.86. The standard InChI is InChI=1S/C21H16F6N2O2/c1-2-21(9-4-3-8(22)5-12(9)23,10-6-13(28)19(30)17(26)15(10)24)11-7-14(29)20(31)18(27)16(11)25/h3-7,30-31H,2,28-29H2,1H3. The highest BCUT2D eigenvalue weighted by Gasteiger charge is 2.44. The molecule has 0 heterocycles. The van der Waals surface area contributed by atoms with Gasteiger partial charge in [0.25, 0.3) is 0 Å². The van der Waals surface area contributed by atoms with E-state index in [4.69, 9.17) is 11.5 Å². The van der Waals surface area contributed by atoms with Crippen molar-refractivity contribution in [3.8, 4) is 11.5 Å². The Bertz CT molecular complexity index is 1140. The van der Waals surface area contributed by atoms with Gasteiger partial charge in [0.2, 0.25) is 11.6 Å². The summed E-state index contributed by atoms with van der Waals surface area (Å²) in [5.41, 5.74) is 5.34. The number of nitrogen functional groups attached to an aromatic ring is 2. The maximum Gasteiger partial charge on any atom is 0.202 e. The van der Waals surface area contributed by atoms with Crippen LogP contribution in [0.2, 0.25) is 0 Å². The maximum atomic E-state index is 15.0. The van der Waals surface area contributed by atoms with E-state index >= 15 is 8.78 Å². The van der Waals surface area contributed by atoms with Crippen molar-refractivity contribution in [3.05, 3.63) is 81.9 Å². The van der Waals surface area contributed by atoms with Crippen molar-refractivity contribution in [2.24, 2.45) is 0 Å². The van der Waals surface area contributed by atoms with Gasteiger partial charge in [0.05, 0.1) is 16.8 Å². The summed E-state index contributed by atoms with van der Waals surface area (Å²) in [5, 5.41) is 19.2. The van der Waals surface area contributed by atoms with Gasteiger partial charge in [-0.25, -0.2) is 17.6 Å². The lowest BCUT2D eigenvalue weighted by molar-refractivity contribution is 0.386. The summed E-state index contributed by atoms with van der Waals surface area (Å²) in [6, 6.07) is 3.55. The zero-order valence-electron chi connectivity index (χ0n) is 15.9. The number of nitrogens with two attached hydrogens (primary N) is 2. The van der Waals surface area contributed by atoms with Crippen LogP contribution in [-0.2, 0) is 5.41 Å². The average Bonchev–Trinajstić information content (AvgIpc) is 2.73. The number of hydrogen-bond donors (Lipinski definition) is 4. The lowest BCUT2D eigenvalue weighted by atomic mass is 9.66. The molecule has 31 heavy (non-hydrogen) atoms. The second-order valence-electron chi connectivity index (χ2n) is 6.86. The lowest BCUT2D eigenvalue weighted by Gasteiger charge is -2.36. The first kappa shape index (κ1) is 22.1. The second kappa shape index (κ2) is 7.60. The minimum atomic E-state index is -2.32. The largest absolute Gasteiger partial charge is 0.503 e. The van der Waals surface area contributed by atoms with Gasteiger partial charge in [0.1, 0.15) is 11.6 Å². The molecule has 0 unspecified atom stereocenters. The van der Waals surface area contributed by atoms with Crippen LogP contribution in [0.4, 0.5) is 37.7 Å². The topological polar surface area (TPSA) is 92.5 Å². The summed E-state index contributed by atoms with van der Waals surface area (Å²) in [6.45, 7) is 1.32. The summed E-state index contributed by atoms with van der Waals surface area (Å²) in [6.07, 6.45) is -0.420. The molecule has 0 atom stereocenters. The molecule has 0 saturated carbocycles. The van der Waals surface area contributed by atoms with Crippen LogP contribution < -0.4 is 11.5 Å². The molecule has 0 spiro atoms. The van der Waals surface area contributed by atoms with Crippen molar-refractivity contribution in [1.82, 2.24) is 0 Å². The minimum absolute atomic E-state index is 0.420. The van der Waals surface area contributed by atoms with E-state index in [2.05, 4.69) is 0 Å². The molecule has 10 heteroatoms. The summed E-state index contributed by atoms with van der Waals surface area (Å²) >= 11 is 0. The van der Waals surface area contributed by atoms with Crippen molar-refractivity contribution in [2.75, 3.05) is 11.5 Å². The van der Waals surface area contributed by atoms with Crippen LogP contribution in [0.25, 0.3) is 0 Å². The molecule has 3 aromatic rings. The zero-order chi connectivity index (χ0) is 23.2. The maximum absolute atomic E-state index is 15.0. The highest BCUT2D eigenvalue weighted by molar-refractivity contribution is 5.64. The van der Waals surface area contributed by atoms with Crippen LogP contribution in [0.15, 0.2) is 30.3 Å². The first-order valence-electron chi connectivity index (χ1n) is 8.86. The molecule has 0 aliphatic carbocycles. The van der Waals surface area contributed by atoms with E-state index in [1.54, 1.807) is 0 Å². The van der Waals surface area contributed by atoms with Crippen molar-refractivity contribution in [3.63, 3.8) is 0 Å². The molecule has 0 fully saturated rings. The second-order valence-corrected chi connectivity index (χ2v) is 6.86. The lowest BCUT2D eigenvalue weighted by Crippen LogP contribution is -2.33. The fraction of sp³-hybridized carbons (Fsp3) is 0.143. The molecule has 0 radical (unpaired) electrons. The van der Waals surface area contributed by atoms with Gasteiger partial charge in [0, 0.05) is 22.8 Å². The SMILES string of the molecule is CCC(c1ccc(F)cc1F)(c1cc(N)c(O)c(F)c1F)c1cc(N)c(O)c(F)c1F. The van der Waals surface area contributed by atoms with Gasteiger partial charge in [0.15, 0.2) is 23.1 Å². The van der Waals surface area contributed by atoms with Crippen LogP contribution in [0.3, 0.4) is 0 Å². The van der Waals surface area contributed by atoms with Crippen molar-refractivity contribution in [2.45, 2.75) is 18.8 Å². The van der Waals surface area contributed by atoms with E-state index in [1.165, 1.54) is 6.92 Å². The molecular weight excluding hydrogens is 426 g/mol. The molecule has 0 amide bonds. The van der Waals surface area contributed by atoms with E-state index in [1.807, 2.05) is 0 Å². The Morgan fingerprint density at radius 1 is 0.710 bits per heavy atom. The van der Waals surface area contributed by atoms with Crippen LogP contribution in [0.1, 0.15) is 30.0 Å². The van der Waals surface area contributed by atoms with Gasteiger partial charge in [-0.3, -0.25) is 0 Å². The predicted molar refractivity (Wildman–Crippen MR) is 101 cm³/mol. The highest BCUT2D eigenvalue weighted by Crippen LogP contribution is 2.49. The Kier molecular flexibility index (Phi) is 5.43. The van der Waals surface area contributed by atoms with Crippen LogP contribution in [0.5, 0.6) is 11.5 Å². The summed E-state index contributed by atoms with van der Waals surface area (Å²) < 4.78 is 87.2. The van der Waals surface area contributed by atoms with Gasteiger partial charge in [-0.05, 0) is 24.6 Å². The molecular formula is C21H16F6N2O2. The van der Waals surface area contributed by atoms with Crippen molar-refractivity contribution in [1.29, 1.82) is 0 Å². The number of hydrogen-bond acceptors (Lipinski definition) is 4. The van der Waals surface area contributed by atoms with Gasteiger partial charge in [-0.15, -0.1) is 0 Å². The number of rotatable bonds is 4. The van der Waals surface area contributed by atoms with Gasteiger partial charge < -0.3 is 21.7 Å². The molecule has 3 rings (SSSR count). The number of anilines is 2. The Morgan fingerprint density at radius 3 is 1.55 bits per heavy atom. The fourth-order valence-corrected chi connectivity index (χ4v) is 3.74. The molecule has 0 aromatic heterocycles. The molecule has 164 valence electrons. The first-order chi connectivity index (χ1) is 14.5. The van der Waals surface area contributed by atoms with Crippen molar-refractivity contribution >= 4 is 11.4 Å². The van der Waals surface area contributed by atoms with E-state index in [0.717, 1.165) is 24.3 Å². The Balaban J connectivity index is 2.59. The van der Waals surface area contributed by atoms with Gasteiger partial charge in [-0.1, -0.05) is 13.0 Å². The quantitative estimate of drug-likeness (QED) is 0.201.